The Labute approximate surface area is 86.0 Å². The largest absolute Gasteiger partial charge is 0.214 e. The van der Waals surface area contributed by atoms with E-state index in [1.807, 2.05) is 25.3 Å². The van der Waals surface area contributed by atoms with Crippen molar-refractivity contribution in [2.75, 3.05) is 17.8 Å². The average molecular weight is 230 g/mol. The molecule has 2 nitrogen and oxygen atoms in total. The molecule has 1 aliphatic heterocycles. The van der Waals surface area contributed by atoms with Gasteiger partial charge in [0.05, 0.1) is 4.90 Å². The van der Waals surface area contributed by atoms with Crippen LogP contribution in [0.3, 0.4) is 0 Å². The van der Waals surface area contributed by atoms with Crippen molar-refractivity contribution in [3.8, 4) is 0 Å². The number of rotatable bonds is 2. The second-order valence-electron chi connectivity index (χ2n) is 3.86. The summed E-state index contributed by atoms with van der Waals surface area (Å²) in [7, 11) is -4.34. The molecule has 14 heavy (non-hydrogen) atoms. The van der Waals surface area contributed by atoms with Crippen molar-refractivity contribution in [3.63, 3.8) is 0 Å². The molecule has 0 spiro atoms. The maximum atomic E-state index is 12.1. The van der Waals surface area contributed by atoms with E-state index in [1.165, 1.54) is 0 Å². The van der Waals surface area contributed by atoms with E-state index in [1.54, 1.807) is 12.1 Å². The maximum absolute atomic E-state index is 12.1. The smallest absolute Gasteiger partial charge is 0.212 e. The molecule has 0 atom stereocenters. The molecule has 0 bridgehead atoms. The van der Waals surface area contributed by atoms with Gasteiger partial charge < -0.3 is 0 Å². The second kappa shape index (κ2) is 3.00. The third kappa shape index (κ3) is 1.46. The molecule has 1 aromatic carbocycles. The number of hydrogen-bond acceptors (Lipinski definition) is 2. The van der Waals surface area contributed by atoms with Gasteiger partial charge in [-0.1, -0.05) is 17.7 Å². The molecule has 1 heterocycles. The average Bonchev–Trinajstić information content (AvgIpc) is 2.86. The molecule has 1 aromatic rings. The van der Waals surface area contributed by atoms with Gasteiger partial charge >= 0.3 is 0 Å². The molecule has 1 fully saturated rings. The first-order valence-electron chi connectivity index (χ1n) is 4.51. The molecule has 0 radical (unpaired) electrons. The fraction of sp³-hybridized carbons (Fsp3) is 0.400. The van der Waals surface area contributed by atoms with Gasteiger partial charge in [-0.25, -0.2) is 8.42 Å². The van der Waals surface area contributed by atoms with Crippen LogP contribution in [0.4, 0.5) is 0 Å². The van der Waals surface area contributed by atoms with Crippen LogP contribution >= 0.6 is 9.06 Å². The summed E-state index contributed by atoms with van der Waals surface area (Å²) in [5.41, 5.74) is 1.10. The summed E-state index contributed by atoms with van der Waals surface area (Å²) in [6.07, 6.45) is 1.90. The highest BCUT2D eigenvalue weighted by Gasteiger charge is 2.45. The van der Waals surface area contributed by atoms with Crippen LogP contribution in [0.15, 0.2) is 29.2 Å². The van der Waals surface area contributed by atoms with Crippen molar-refractivity contribution in [2.24, 2.45) is 0 Å². The van der Waals surface area contributed by atoms with E-state index >= 15 is 0 Å². The number of aryl methyl sites for hydroxylation is 1. The van der Waals surface area contributed by atoms with E-state index in [2.05, 4.69) is 0 Å². The molecule has 2 rings (SSSR count). The SMILES string of the molecule is Cc1ccc(S(=O)(=O)S2(C)CC2)cc1. The first kappa shape index (κ1) is 10.1. The highest BCUT2D eigenvalue weighted by molar-refractivity contribution is 8.93. The van der Waals surface area contributed by atoms with E-state index in [0.717, 1.165) is 17.1 Å². The highest BCUT2D eigenvalue weighted by atomic mass is 33.2. The summed E-state index contributed by atoms with van der Waals surface area (Å²) in [6, 6.07) is 7.17. The van der Waals surface area contributed by atoms with Gasteiger partial charge in [0.15, 0.2) is 0 Å². The molecular weight excluding hydrogens is 216 g/mol. The Kier molecular flexibility index (Phi) is 2.16. The summed E-state index contributed by atoms with van der Waals surface area (Å²) < 4.78 is 24.1. The molecule has 0 aromatic heterocycles. The maximum Gasteiger partial charge on any atom is 0.212 e. The van der Waals surface area contributed by atoms with Gasteiger partial charge in [-0.15, -0.1) is 9.06 Å². The highest BCUT2D eigenvalue weighted by Crippen LogP contribution is 2.65. The zero-order valence-electron chi connectivity index (χ0n) is 8.36. The molecule has 1 saturated heterocycles. The molecule has 0 N–H and O–H groups in total. The predicted octanol–water partition coefficient (Wildman–Crippen LogP) is 2.13. The van der Waals surface area contributed by atoms with Crippen LogP contribution in [0.25, 0.3) is 0 Å². The van der Waals surface area contributed by atoms with E-state index in [0.29, 0.717) is 4.90 Å². The fourth-order valence-electron chi connectivity index (χ4n) is 1.27. The first-order chi connectivity index (χ1) is 6.46. The summed E-state index contributed by atoms with van der Waals surface area (Å²) >= 11 is 0. The van der Waals surface area contributed by atoms with Crippen LogP contribution in [0.5, 0.6) is 0 Å². The zero-order chi connectivity index (χ0) is 10.4. The predicted molar refractivity (Wildman–Crippen MR) is 61.6 cm³/mol. The van der Waals surface area contributed by atoms with Crippen LogP contribution in [-0.4, -0.2) is 26.2 Å². The topological polar surface area (TPSA) is 34.1 Å². The van der Waals surface area contributed by atoms with Crippen LogP contribution in [-0.2, 0) is 8.87 Å². The van der Waals surface area contributed by atoms with Gasteiger partial charge in [0.2, 0.25) is 8.87 Å². The molecule has 1 aliphatic rings. The molecule has 0 unspecified atom stereocenters. The van der Waals surface area contributed by atoms with Gasteiger partial charge in [-0.05, 0) is 36.8 Å². The third-order valence-corrected chi connectivity index (χ3v) is 10.8. The summed E-state index contributed by atoms with van der Waals surface area (Å²) in [5, 5.41) is 0. The lowest BCUT2D eigenvalue weighted by atomic mass is 10.2. The van der Waals surface area contributed by atoms with Gasteiger partial charge in [0.1, 0.15) is 0 Å². The molecule has 78 valence electrons. The summed E-state index contributed by atoms with van der Waals surface area (Å²) in [4.78, 5) is 0.498. The van der Waals surface area contributed by atoms with Crippen LogP contribution in [0, 0.1) is 6.92 Å². The lowest BCUT2D eigenvalue weighted by molar-refractivity contribution is 0.610. The quantitative estimate of drug-likeness (QED) is 0.576. The molecule has 0 saturated carbocycles. The standard InChI is InChI=1S/C10H14O2S2/c1-9-3-5-10(6-4-9)14(11,12)13(2)7-8-13/h3-6H,7-8H2,1-2H3. The molecule has 4 heteroatoms. The van der Waals surface area contributed by atoms with Crippen molar-refractivity contribution >= 4 is 17.9 Å². The minimum Gasteiger partial charge on any atom is -0.214 e. The number of benzene rings is 1. The first-order valence-corrected chi connectivity index (χ1v) is 8.89. The van der Waals surface area contributed by atoms with Crippen LogP contribution < -0.4 is 0 Å². The molecule has 0 amide bonds. The van der Waals surface area contributed by atoms with Crippen LogP contribution in [0.1, 0.15) is 5.56 Å². The van der Waals surface area contributed by atoms with E-state index in [4.69, 9.17) is 0 Å². The zero-order valence-corrected chi connectivity index (χ0v) is 9.99. The Morgan fingerprint density at radius 3 is 2.07 bits per heavy atom. The third-order valence-electron chi connectivity index (χ3n) is 2.62. The van der Waals surface area contributed by atoms with Crippen molar-refractivity contribution in [2.45, 2.75) is 11.8 Å². The minimum absolute atomic E-state index is 0.498. The Morgan fingerprint density at radius 1 is 1.14 bits per heavy atom. The van der Waals surface area contributed by atoms with Crippen LogP contribution in [0.2, 0.25) is 0 Å². The van der Waals surface area contributed by atoms with Crippen molar-refractivity contribution in [1.82, 2.24) is 0 Å². The van der Waals surface area contributed by atoms with Gasteiger partial charge in [-0.3, -0.25) is 0 Å². The van der Waals surface area contributed by atoms with Gasteiger partial charge in [0.25, 0.3) is 0 Å². The Balaban J connectivity index is 2.45. The van der Waals surface area contributed by atoms with Crippen molar-refractivity contribution in [1.29, 1.82) is 0 Å². The Bertz CT molecular complexity index is 442. The molecule has 0 aliphatic carbocycles. The lowest BCUT2D eigenvalue weighted by Crippen LogP contribution is -2.01. The van der Waals surface area contributed by atoms with Gasteiger partial charge in [0, 0.05) is 0 Å². The summed E-state index contributed by atoms with van der Waals surface area (Å²) in [6.45, 7) is 1.96. The minimum atomic E-state index is -3.00. The number of hydrogen-bond donors (Lipinski definition) is 0. The van der Waals surface area contributed by atoms with E-state index < -0.39 is 17.9 Å². The summed E-state index contributed by atoms with van der Waals surface area (Å²) in [5.74, 6) is 1.76. The fourth-order valence-corrected chi connectivity index (χ4v) is 7.24. The monoisotopic (exact) mass is 230 g/mol. The second-order valence-corrected chi connectivity index (χ2v) is 12.2. The van der Waals surface area contributed by atoms with E-state index in [-0.39, 0.29) is 0 Å². The lowest BCUT2D eigenvalue weighted by Gasteiger charge is -2.14. The van der Waals surface area contributed by atoms with Crippen molar-refractivity contribution < 1.29 is 8.42 Å². The Morgan fingerprint density at radius 2 is 1.64 bits per heavy atom. The van der Waals surface area contributed by atoms with Crippen molar-refractivity contribution in [3.05, 3.63) is 29.8 Å². The van der Waals surface area contributed by atoms with E-state index in [9.17, 15) is 8.42 Å². The van der Waals surface area contributed by atoms with Gasteiger partial charge in [-0.2, -0.15) is 0 Å². The molecular formula is C10H14O2S2. The normalized spacial score (nSPS) is 21.6. The Hall–Kier alpha value is -0.480.